The predicted molar refractivity (Wildman–Crippen MR) is 142 cm³/mol. The van der Waals surface area contributed by atoms with Gasteiger partial charge < -0.3 is 9.47 Å². The third-order valence-corrected chi connectivity index (χ3v) is 9.02. The number of esters is 2. The van der Waals surface area contributed by atoms with Gasteiger partial charge in [-0.05, 0) is 48.3 Å². The Morgan fingerprint density at radius 1 is 0.865 bits per heavy atom. The third kappa shape index (κ3) is 3.05. The molecule has 0 amide bonds. The van der Waals surface area contributed by atoms with Crippen LogP contribution in [0.15, 0.2) is 60.7 Å². The number of fused-ring (bicyclic) bond motifs is 7. The van der Waals surface area contributed by atoms with Gasteiger partial charge in [0, 0.05) is 10.8 Å². The largest absolute Gasteiger partial charge is 0.462 e. The standard InChI is InChI=1S/C31H30N2O4/c1-5-18-36-27(34)21-15-14-19-10-6-7-11-20(19)24(21)37-28(35)31-17-16-30(4,29(31,2)3)25-26(31)33-23-13-9-8-12-22(23)32-25/h6-15H,5,16-18H2,1-4H3. The summed E-state index contributed by atoms with van der Waals surface area (Å²) in [5, 5.41) is 1.57. The first kappa shape index (κ1) is 23.6. The molecule has 0 saturated heterocycles. The van der Waals surface area contributed by atoms with Gasteiger partial charge in [-0.25, -0.2) is 14.8 Å². The van der Waals surface area contributed by atoms with Gasteiger partial charge in [0.2, 0.25) is 0 Å². The molecule has 1 saturated carbocycles. The molecule has 4 aromatic rings. The van der Waals surface area contributed by atoms with E-state index in [1.54, 1.807) is 6.07 Å². The number of hydrogen-bond acceptors (Lipinski definition) is 6. The summed E-state index contributed by atoms with van der Waals surface area (Å²) >= 11 is 0. The van der Waals surface area contributed by atoms with E-state index in [4.69, 9.17) is 19.4 Å². The molecule has 6 heteroatoms. The molecule has 6 nitrogen and oxygen atoms in total. The van der Waals surface area contributed by atoms with Gasteiger partial charge in [0.25, 0.3) is 0 Å². The van der Waals surface area contributed by atoms with Crippen molar-refractivity contribution in [2.45, 2.75) is 57.8 Å². The number of aromatic nitrogens is 2. The molecule has 2 atom stereocenters. The van der Waals surface area contributed by atoms with Gasteiger partial charge in [0.15, 0.2) is 5.75 Å². The Bertz CT molecular complexity index is 1590. The van der Waals surface area contributed by atoms with Crippen molar-refractivity contribution in [3.63, 3.8) is 0 Å². The maximum atomic E-state index is 14.4. The lowest BCUT2D eigenvalue weighted by atomic mass is 9.64. The topological polar surface area (TPSA) is 78.4 Å². The first-order valence-electron chi connectivity index (χ1n) is 12.9. The highest BCUT2D eigenvalue weighted by Gasteiger charge is 2.74. The quantitative estimate of drug-likeness (QED) is 0.240. The van der Waals surface area contributed by atoms with Gasteiger partial charge in [-0.15, -0.1) is 0 Å². The summed E-state index contributed by atoms with van der Waals surface area (Å²) in [6.45, 7) is 8.66. The van der Waals surface area contributed by atoms with Gasteiger partial charge in [-0.2, -0.15) is 0 Å². The van der Waals surface area contributed by atoms with Crippen LogP contribution in [-0.2, 0) is 20.4 Å². The number of carbonyl (C=O) groups is 2. The number of rotatable bonds is 5. The number of ether oxygens (including phenoxy) is 2. The molecule has 0 radical (unpaired) electrons. The number of carbonyl (C=O) groups excluding carboxylic acids is 2. The van der Waals surface area contributed by atoms with E-state index in [1.807, 2.05) is 61.5 Å². The highest BCUT2D eigenvalue weighted by molar-refractivity contribution is 6.03. The molecule has 0 aliphatic heterocycles. The maximum Gasteiger partial charge on any atom is 0.341 e. The van der Waals surface area contributed by atoms with Crippen LogP contribution in [0.2, 0.25) is 0 Å². The Morgan fingerprint density at radius 2 is 1.54 bits per heavy atom. The van der Waals surface area contributed by atoms with Crippen molar-refractivity contribution in [2.24, 2.45) is 5.41 Å². The van der Waals surface area contributed by atoms with E-state index < -0.39 is 22.8 Å². The van der Waals surface area contributed by atoms with Crippen molar-refractivity contribution in [1.82, 2.24) is 9.97 Å². The van der Waals surface area contributed by atoms with Gasteiger partial charge in [0.05, 0.1) is 29.0 Å². The average Bonchev–Trinajstić information content (AvgIpc) is 3.20. The Hall–Kier alpha value is -3.80. The van der Waals surface area contributed by atoms with Crippen LogP contribution in [0.5, 0.6) is 5.75 Å². The summed E-state index contributed by atoms with van der Waals surface area (Å²) in [6, 6.07) is 18.9. The van der Waals surface area contributed by atoms with Gasteiger partial charge in [-0.1, -0.05) is 70.2 Å². The van der Waals surface area contributed by atoms with E-state index >= 15 is 0 Å². The lowest BCUT2D eigenvalue weighted by Crippen LogP contribution is -2.48. The first-order chi connectivity index (χ1) is 17.7. The van der Waals surface area contributed by atoms with E-state index in [1.165, 1.54) is 0 Å². The fraction of sp³-hybridized carbons (Fsp3) is 0.355. The van der Waals surface area contributed by atoms with Crippen LogP contribution in [0.3, 0.4) is 0 Å². The first-order valence-corrected chi connectivity index (χ1v) is 12.9. The minimum absolute atomic E-state index is 0.241. The van der Waals surface area contributed by atoms with E-state index in [0.717, 1.165) is 28.5 Å². The van der Waals surface area contributed by atoms with Gasteiger partial charge in [0.1, 0.15) is 11.0 Å². The Morgan fingerprint density at radius 3 is 2.27 bits per heavy atom. The molecular formula is C31H30N2O4. The zero-order valence-corrected chi connectivity index (χ0v) is 21.6. The highest BCUT2D eigenvalue weighted by Crippen LogP contribution is 2.70. The SMILES string of the molecule is CCCOC(=O)c1ccc2ccccc2c1OC(=O)C12CCC(C)(c3nc4ccccc4nc31)C2(C)C. The number of hydrogen-bond donors (Lipinski definition) is 0. The van der Waals surface area contributed by atoms with Crippen molar-refractivity contribution in [3.05, 3.63) is 77.6 Å². The average molecular weight is 495 g/mol. The molecule has 1 aromatic heterocycles. The van der Waals surface area contributed by atoms with Crippen LogP contribution < -0.4 is 4.74 Å². The van der Waals surface area contributed by atoms with Crippen LogP contribution in [-0.4, -0.2) is 28.5 Å². The van der Waals surface area contributed by atoms with Crippen molar-refractivity contribution in [1.29, 1.82) is 0 Å². The van der Waals surface area contributed by atoms with E-state index in [0.29, 0.717) is 30.5 Å². The fourth-order valence-corrected chi connectivity index (χ4v) is 6.46. The molecule has 0 spiro atoms. The second-order valence-electron chi connectivity index (χ2n) is 11.0. The molecule has 1 heterocycles. The summed E-state index contributed by atoms with van der Waals surface area (Å²) in [5.74, 6) is -0.656. The maximum absolute atomic E-state index is 14.4. The Balaban J connectivity index is 1.52. The van der Waals surface area contributed by atoms with Crippen LogP contribution in [0.1, 0.15) is 68.7 Å². The summed E-state index contributed by atoms with van der Waals surface area (Å²) in [6.07, 6.45) is 2.11. The fourth-order valence-electron chi connectivity index (χ4n) is 6.46. The van der Waals surface area contributed by atoms with Crippen molar-refractivity contribution in [3.8, 4) is 5.75 Å². The van der Waals surface area contributed by atoms with Crippen LogP contribution in [0, 0.1) is 5.41 Å². The molecule has 3 aromatic carbocycles. The van der Waals surface area contributed by atoms with Crippen molar-refractivity contribution in [2.75, 3.05) is 6.61 Å². The summed E-state index contributed by atoms with van der Waals surface area (Å²) < 4.78 is 11.7. The second-order valence-corrected chi connectivity index (χ2v) is 11.0. The smallest absolute Gasteiger partial charge is 0.341 e. The zero-order valence-electron chi connectivity index (χ0n) is 21.6. The van der Waals surface area contributed by atoms with E-state index in [2.05, 4.69) is 20.8 Å². The van der Waals surface area contributed by atoms with E-state index in [-0.39, 0.29) is 16.7 Å². The third-order valence-electron chi connectivity index (χ3n) is 9.02. The monoisotopic (exact) mass is 494 g/mol. The minimum atomic E-state index is -0.990. The Kier molecular flexibility index (Phi) is 5.17. The number of benzene rings is 3. The number of para-hydroxylation sites is 2. The van der Waals surface area contributed by atoms with Crippen LogP contribution in [0.4, 0.5) is 0 Å². The van der Waals surface area contributed by atoms with E-state index in [9.17, 15) is 9.59 Å². The lowest BCUT2D eigenvalue weighted by Gasteiger charge is -2.38. The van der Waals surface area contributed by atoms with Gasteiger partial charge >= 0.3 is 11.9 Å². The molecule has 2 aliphatic carbocycles. The molecular weight excluding hydrogens is 464 g/mol. The minimum Gasteiger partial charge on any atom is -0.462 e. The van der Waals surface area contributed by atoms with Gasteiger partial charge in [-0.3, -0.25) is 4.79 Å². The molecule has 188 valence electrons. The normalized spacial score (nSPS) is 23.2. The molecule has 1 fully saturated rings. The van der Waals surface area contributed by atoms with Crippen molar-refractivity contribution >= 4 is 33.7 Å². The molecule has 2 aliphatic rings. The zero-order chi connectivity index (χ0) is 26.0. The van der Waals surface area contributed by atoms with Crippen LogP contribution >= 0.6 is 0 Å². The highest BCUT2D eigenvalue weighted by atomic mass is 16.5. The molecule has 2 unspecified atom stereocenters. The molecule has 2 bridgehead atoms. The molecule has 6 rings (SSSR count). The Labute approximate surface area is 216 Å². The van der Waals surface area contributed by atoms with Crippen LogP contribution in [0.25, 0.3) is 21.8 Å². The second kappa shape index (κ2) is 8.10. The van der Waals surface area contributed by atoms with Crippen molar-refractivity contribution < 1.29 is 19.1 Å². The number of nitrogens with zero attached hydrogens (tertiary/aromatic N) is 2. The lowest BCUT2D eigenvalue weighted by molar-refractivity contribution is -0.145. The summed E-state index contributed by atoms with van der Waals surface area (Å²) in [5.41, 5.74) is 1.59. The molecule has 0 N–H and O–H groups in total. The molecule has 37 heavy (non-hydrogen) atoms. The predicted octanol–water partition coefficient (Wildman–Crippen LogP) is 6.28. The summed E-state index contributed by atoms with van der Waals surface area (Å²) in [4.78, 5) is 37.5. The summed E-state index contributed by atoms with van der Waals surface area (Å²) in [7, 11) is 0.